The number of methoxy groups -OCH3 is 1. The van der Waals surface area contributed by atoms with Gasteiger partial charge in [0, 0.05) is 13.3 Å². The van der Waals surface area contributed by atoms with Crippen molar-refractivity contribution in [2.24, 2.45) is 0 Å². The van der Waals surface area contributed by atoms with Crippen molar-refractivity contribution >= 4 is 12.5 Å². The van der Waals surface area contributed by atoms with Crippen molar-refractivity contribution in [2.75, 3.05) is 33.5 Å². The number of hydrogen-bond acceptors (Lipinski definition) is 5. The Morgan fingerprint density at radius 2 is 1.92 bits per heavy atom. The molecule has 0 heterocycles. The first kappa shape index (κ1) is 12.2. The SMILES string of the molecule is COC(COCC=N)COCC=O. The molecule has 5 nitrogen and oxygen atoms in total. The normalized spacial score (nSPS) is 12.4. The molecule has 76 valence electrons. The zero-order chi connectivity index (χ0) is 9.94. The molecule has 1 unspecified atom stereocenters. The van der Waals surface area contributed by atoms with E-state index in [1.54, 1.807) is 7.11 Å². The fourth-order valence-electron chi connectivity index (χ4n) is 0.690. The average Bonchev–Trinajstić information content (AvgIpc) is 2.16. The van der Waals surface area contributed by atoms with Crippen LogP contribution in [-0.4, -0.2) is 52.1 Å². The van der Waals surface area contributed by atoms with Crippen molar-refractivity contribution in [1.82, 2.24) is 0 Å². The summed E-state index contributed by atoms with van der Waals surface area (Å²) in [5, 5.41) is 6.70. The second kappa shape index (κ2) is 9.31. The van der Waals surface area contributed by atoms with Crippen molar-refractivity contribution in [2.45, 2.75) is 6.10 Å². The summed E-state index contributed by atoms with van der Waals surface area (Å²) in [5.74, 6) is 0. The lowest BCUT2D eigenvalue weighted by atomic mass is 10.4. The van der Waals surface area contributed by atoms with E-state index in [0.717, 1.165) is 0 Å². The number of aldehydes is 1. The van der Waals surface area contributed by atoms with Crippen LogP contribution in [0.4, 0.5) is 0 Å². The fraction of sp³-hybridized carbons (Fsp3) is 0.750. The molecular weight excluding hydrogens is 174 g/mol. The van der Waals surface area contributed by atoms with E-state index in [0.29, 0.717) is 19.5 Å². The molecule has 13 heavy (non-hydrogen) atoms. The summed E-state index contributed by atoms with van der Waals surface area (Å²) in [6.45, 7) is 1.04. The predicted molar refractivity (Wildman–Crippen MR) is 47.3 cm³/mol. The van der Waals surface area contributed by atoms with Gasteiger partial charge in [0.1, 0.15) is 19.0 Å². The monoisotopic (exact) mass is 189 g/mol. The number of carbonyl (C=O) groups excluding carboxylic acids is 1. The molecule has 0 rings (SSSR count). The molecule has 0 aliphatic heterocycles. The second-order valence-corrected chi connectivity index (χ2v) is 2.30. The standard InChI is InChI=1S/C8H15NO4/c1-11-8(6-12-4-2-9)7-13-5-3-10/h2-3,8-9H,4-7H2,1H3. The number of carbonyl (C=O) groups is 1. The Balaban J connectivity index is 3.38. The first-order valence-electron chi connectivity index (χ1n) is 3.96. The maximum Gasteiger partial charge on any atom is 0.145 e. The first-order valence-corrected chi connectivity index (χ1v) is 3.96. The van der Waals surface area contributed by atoms with Gasteiger partial charge < -0.3 is 24.4 Å². The van der Waals surface area contributed by atoms with E-state index < -0.39 is 0 Å². The maximum atomic E-state index is 9.91. The summed E-state index contributed by atoms with van der Waals surface area (Å²) < 4.78 is 15.0. The van der Waals surface area contributed by atoms with Gasteiger partial charge in [0.05, 0.1) is 19.8 Å². The molecule has 0 fully saturated rings. The number of rotatable bonds is 9. The van der Waals surface area contributed by atoms with Crippen molar-refractivity contribution in [1.29, 1.82) is 5.41 Å². The van der Waals surface area contributed by atoms with E-state index in [9.17, 15) is 4.79 Å². The summed E-state index contributed by atoms with van der Waals surface area (Å²) in [6, 6.07) is 0. The Labute approximate surface area is 77.5 Å². The fourth-order valence-corrected chi connectivity index (χ4v) is 0.690. The van der Waals surface area contributed by atoms with Crippen molar-refractivity contribution < 1.29 is 19.0 Å². The Morgan fingerprint density at radius 3 is 2.38 bits per heavy atom. The molecule has 0 aromatic heterocycles. The zero-order valence-corrected chi connectivity index (χ0v) is 7.69. The molecule has 5 heteroatoms. The topological polar surface area (TPSA) is 68.6 Å². The highest BCUT2D eigenvalue weighted by Crippen LogP contribution is 1.92. The van der Waals surface area contributed by atoms with E-state index in [-0.39, 0.29) is 19.3 Å². The number of ether oxygens (including phenoxy) is 3. The van der Waals surface area contributed by atoms with Gasteiger partial charge in [0.15, 0.2) is 0 Å². The molecule has 0 saturated carbocycles. The average molecular weight is 189 g/mol. The summed E-state index contributed by atoms with van der Waals surface area (Å²) in [5.41, 5.74) is 0. The lowest BCUT2D eigenvalue weighted by Crippen LogP contribution is -2.25. The lowest BCUT2D eigenvalue weighted by Gasteiger charge is -2.13. The van der Waals surface area contributed by atoms with Crippen LogP contribution in [-0.2, 0) is 19.0 Å². The van der Waals surface area contributed by atoms with E-state index in [1.807, 2.05) is 0 Å². The van der Waals surface area contributed by atoms with Crippen LogP contribution in [0.2, 0.25) is 0 Å². The van der Waals surface area contributed by atoms with Gasteiger partial charge in [0.2, 0.25) is 0 Å². The van der Waals surface area contributed by atoms with E-state index >= 15 is 0 Å². The van der Waals surface area contributed by atoms with Gasteiger partial charge in [-0.3, -0.25) is 0 Å². The van der Waals surface area contributed by atoms with Gasteiger partial charge in [-0.15, -0.1) is 0 Å². The molecule has 0 saturated heterocycles. The van der Waals surface area contributed by atoms with Crippen LogP contribution in [0.15, 0.2) is 0 Å². The first-order chi connectivity index (χ1) is 6.35. The lowest BCUT2D eigenvalue weighted by molar-refractivity contribution is -0.113. The quantitative estimate of drug-likeness (QED) is 0.312. The van der Waals surface area contributed by atoms with Gasteiger partial charge in [-0.25, -0.2) is 0 Å². The molecule has 0 aromatic rings. The van der Waals surface area contributed by atoms with Crippen LogP contribution < -0.4 is 0 Å². The minimum absolute atomic E-state index is 0.0738. The Bertz CT molecular complexity index is 126. The van der Waals surface area contributed by atoms with E-state index in [1.165, 1.54) is 6.21 Å². The van der Waals surface area contributed by atoms with Crippen LogP contribution in [0, 0.1) is 5.41 Å². The molecule has 0 radical (unpaired) electrons. The highest BCUT2D eigenvalue weighted by atomic mass is 16.6. The highest BCUT2D eigenvalue weighted by molar-refractivity contribution is 5.54. The predicted octanol–water partition coefficient (Wildman–Crippen LogP) is -0.117. The minimum atomic E-state index is -0.181. The van der Waals surface area contributed by atoms with E-state index in [2.05, 4.69) is 0 Å². The molecule has 0 bridgehead atoms. The van der Waals surface area contributed by atoms with Crippen molar-refractivity contribution in [3.8, 4) is 0 Å². The van der Waals surface area contributed by atoms with Gasteiger partial charge in [0.25, 0.3) is 0 Å². The Morgan fingerprint density at radius 1 is 1.31 bits per heavy atom. The zero-order valence-electron chi connectivity index (χ0n) is 7.69. The molecule has 0 aromatic carbocycles. The molecule has 0 aliphatic carbocycles. The third-order valence-corrected chi connectivity index (χ3v) is 1.33. The van der Waals surface area contributed by atoms with Crippen LogP contribution >= 0.6 is 0 Å². The van der Waals surface area contributed by atoms with Gasteiger partial charge in [-0.05, 0) is 0 Å². The van der Waals surface area contributed by atoms with Gasteiger partial charge in [-0.2, -0.15) is 0 Å². The van der Waals surface area contributed by atoms with Crippen molar-refractivity contribution in [3.63, 3.8) is 0 Å². The molecule has 0 spiro atoms. The van der Waals surface area contributed by atoms with Gasteiger partial charge >= 0.3 is 0 Å². The molecule has 1 N–H and O–H groups in total. The van der Waals surface area contributed by atoms with Crippen LogP contribution in [0.3, 0.4) is 0 Å². The van der Waals surface area contributed by atoms with Crippen LogP contribution in [0.1, 0.15) is 0 Å². The molecule has 0 amide bonds. The number of nitrogens with one attached hydrogen (secondary N) is 1. The van der Waals surface area contributed by atoms with Crippen LogP contribution in [0.25, 0.3) is 0 Å². The summed E-state index contributed by atoms with van der Waals surface area (Å²) in [4.78, 5) is 9.91. The smallest absolute Gasteiger partial charge is 0.145 e. The third kappa shape index (κ3) is 7.58. The molecule has 0 aliphatic rings. The molecule has 1 atom stereocenters. The highest BCUT2D eigenvalue weighted by Gasteiger charge is 2.06. The third-order valence-electron chi connectivity index (χ3n) is 1.33. The van der Waals surface area contributed by atoms with Gasteiger partial charge in [-0.1, -0.05) is 0 Å². The number of hydrogen-bond donors (Lipinski definition) is 1. The maximum absolute atomic E-state index is 9.91. The summed E-state index contributed by atoms with van der Waals surface area (Å²) in [7, 11) is 1.54. The second-order valence-electron chi connectivity index (χ2n) is 2.30. The van der Waals surface area contributed by atoms with Crippen molar-refractivity contribution in [3.05, 3.63) is 0 Å². The van der Waals surface area contributed by atoms with E-state index in [4.69, 9.17) is 19.6 Å². The largest absolute Gasteiger partial charge is 0.377 e. The molecular formula is C8H15NO4. The van der Waals surface area contributed by atoms with Crippen LogP contribution in [0.5, 0.6) is 0 Å². The summed E-state index contributed by atoms with van der Waals surface area (Å²) in [6.07, 6.45) is 1.67. The Kier molecular flexibility index (Phi) is 8.75. The summed E-state index contributed by atoms with van der Waals surface area (Å²) >= 11 is 0. The Hall–Kier alpha value is -0.780. The minimum Gasteiger partial charge on any atom is -0.377 e.